The van der Waals surface area contributed by atoms with Gasteiger partial charge in [-0.1, -0.05) is 6.92 Å². The van der Waals surface area contributed by atoms with Crippen molar-refractivity contribution >= 4 is 22.0 Å². The molecule has 0 atom stereocenters. The van der Waals surface area contributed by atoms with Gasteiger partial charge in [0.2, 0.25) is 0 Å². The van der Waals surface area contributed by atoms with Crippen LogP contribution in [-0.2, 0) is 10.3 Å². The van der Waals surface area contributed by atoms with Gasteiger partial charge in [-0.05, 0) is 48.3 Å². The maximum absolute atomic E-state index is 11.5. The number of nitrogens with zero attached hydrogens (tertiary/aromatic N) is 1. The van der Waals surface area contributed by atoms with Crippen LogP contribution in [0.15, 0.2) is 22.8 Å². The quantitative estimate of drug-likeness (QED) is 0.929. The fourth-order valence-electron chi connectivity index (χ4n) is 1.30. The molecule has 94 valence electrons. The first-order valence-corrected chi connectivity index (χ1v) is 6.32. The predicted octanol–water partition coefficient (Wildman–Crippen LogP) is 3.22. The highest BCUT2D eigenvalue weighted by molar-refractivity contribution is 9.10. The van der Waals surface area contributed by atoms with E-state index in [9.17, 15) is 4.79 Å². The molecule has 0 radical (unpaired) electrons. The number of ether oxygens (including phenoxy) is 1. The molecule has 0 saturated carbocycles. The van der Waals surface area contributed by atoms with E-state index >= 15 is 0 Å². The van der Waals surface area contributed by atoms with E-state index in [1.165, 1.54) is 0 Å². The molecule has 1 aromatic rings. The number of alkyl carbamates (subject to hydrolysis) is 1. The molecule has 0 fully saturated rings. The van der Waals surface area contributed by atoms with Gasteiger partial charge in [-0.15, -0.1) is 0 Å². The summed E-state index contributed by atoms with van der Waals surface area (Å²) in [6.45, 7) is 6.15. The van der Waals surface area contributed by atoms with Crippen molar-refractivity contribution in [3.05, 3.63) is 28.5 Å². The molecule has 1 N–H and O–H groups in total. The van der Waals surface area contributed by atoms with Crippen LogP contribution in [0.3, 0.4) is 0 Å². The zero-order valence-electron chi connectivity index (χ0n) is 10.3. The van der Waals surface area contributed by atoms with E-state index in [1.54, 1.807) is 6.20 Å². The van der Waals surface area contributed by atoms with Crippen molar-refractivity contribution in [3.8, 4) is 0 Å². The molecule has 1 rings (SSSR count). The largest absolute Gasteiger partial charge is 0.450 e. The lowest BCUT2D eigenvalue weighted by Gasteiger charge is -2.25. The van der Waals surface area contributed by atoms with Gasteiger partial charge < -0.3 is 10.1 Å². The van der Waals surface area contributed by atoms with Crippen molar-refractivity contribution in [1.29, 1.82) is 0 Å². The molecular formula is C12H17BrN2O2. The van der Waals surface area contributed by atoms with E-state index in [1.807, 2.05) is 32.9 Å². The standard InChI is InChI=1S/C12H17BrN2O2/c1-4-7-17-11(16)15-12(2,3)10-6-5-9(13)8-14-10/h5-6,8H,4,7H2,1-3H3,(H,15,16). The van der Waals surface area contributed by atoms with E-state index in [0.29, 0.717) is 6.61 Å². The summed E-state index contributed by atoms with van der Waals surface area (Å²) < 4.78 is 5.89. The van der Waals surface area contributed by atoms with Crippen LogP contribution in [0, 0.1) is 0 Å². The lowest BCUT2D eigenvalue weighted by Crippen LogP contribution is -2.42. The summed E-state index contributed by atoms with van der Waals surface area (Å²) in [6.07, 6.45) is 2.10. The number of hydrogen-bond acceptors (Lipinski definition) is 3. The minimum absolute atomic E-state index is 0.415. The zero-order chi connectivity index (χ0) is 12.9. The summed E-state index contributed by atoms with van der Waals surface area (Å²) in [7, 11) is 0. The van der Waals surface area contributed by atoms with E-state index in [4.69, 9.17) is 4.74 Å². The SMILES string of the molecule is CCCOC(=O)NC(C)(C)c1ccc(Br)cn1. The molecule has 0 aromatic carbocycles. The highest BCUT2D eigenvalue weighted by Gasteiger charge is 2.24. The van der Waals surface area contributed by atoms with Crippen LogP contribution in [0.5, 0.6) is 0 Å². The van der Waals surface area contributed by atoms with Gasteiger partial charge in [-0.25, -0.2) is 4.79 Å². The zero-order valence-corrected chi connectivity index (χ0v) is 11.9. The predicted molar refractivity (Wildman–Crippen MR) is 69.7 cm³/mol. The molecule has 0 saturated heterocycles. The van der Waals surface area contributed by atoms with Crippen molar-refractivity contribution in [1.82, 2.24) is 10.3 Å². The van der Waals surface area contributed by atoms with Gasteiger partial charge in [0.25, 0.3) is 0 Å². The second kappa shape index (κ2) is 6.00. The molecule has 0 spiro atoms. The number of aromatic nitrogens is 1. The second-order valence-electron chi connectivity index (χ2n) is 4.25. The first-order valence-electron chi connectivity index (χ1n) is 5.52. The molecule has 1 amide bonds. The van der Waals surface area contributed by atoms with Gasteiger partial charge in [0.05, 0.1) is 17.8 Å². The van der Waals surface area contributed by atoms with E-state index in [-0.39, 0.29) is 0 Å². The highest BCUT2D eigenvalue weighted by atomic mass is 79.9. The average Bonchev–Trinajstić information content (AvgIpc) is 2.26. The molecule has 0 aliphatic heterocycles. The first kappa shape index (κ1) is 14.0. The minimum atomic E-state index is -0.550. The summed E-state index contributed by atoms with van der Waals surface area (Å²) in [6, 6.07) is 3.76. The maximum Gasteiger partial charge on any atom is 0.407 e. The molecule has 0 bridgehead atoms. The fraction of sp³-hybridized carbons (Fsp3) is 0.500. The van der Waals surface area contributed by atoms with E-state index in [0.717, 1.165) is 16.6 Å². The summed E-state index contributed by atoms with van der Waals surface area (Å²) in [5.74, 6) is 0. The number of nitrogens with one attached hydrogen (secondary N) is 1. The Labute approximate surface area is 110 Å². The topological polar surface area (TPSA) is 51.2 Å². The number of carbonyl (C=O) groups excluding carboxylic acids is 1. The van der Waals surface area contributed by atoms with Crippen molar-refractivity contribution in [3.63, 3.8) is 0 Å². The van der Waals surface area contributed by atoms with Crippen molar-refractivity contribution in [2.24, 2.45) is 0 Å². The Morgan fingerprint density at radius 3 is 2.76 bits per heavy atom. The lowest BCUT2D eigenvalue weighted by molar-refractivity contribution is 0.135. The van der Waals surface area contributed by atoms with Gasteiger partial charge in [0.15, 0.2) is 0 Å². The van der Waals surface area contributed by atoms with Crippen LogP contribution in [-0.4, -0.2) is 17.7 Å². The monoisotopic (exact) mass is 300 g/mol. The molecule has 0 aliphatic rings. The van der Waals surface area contributed by atoms with Gasteiger partial charge in [-0.2, -0.15) is 0 Å². The number of amides is 1. The van der Waals surface area contributed by atoms with Crippen LogP contribution in [0.25, 0.3) is 0 Å². The number of halogens is 1. The van der Waals surface area contributed by atoms with Gasteiger partial charge >= 0.3 is 6.09 Å². The molecule has 1 aromatic heterocycles. The van der Waals surface area contributed by atoms with Crippen LogP contribution >= 0.6 is 15.9 Å². The van der Waals surface area contributed by atoms with Crippen molar-refractivity contribution < 1.29 is 9.53 Å². The number of rotatable bonds is 4. The van der Waals surface area contributed by atoms with Gasteiger partial charge in [-0.3, -0.25) is 4.98 Å². The third kappa shape index (κ3) is 4.34. The normalized spacial score (nSPS) is 11.1. The maximum atomic E-state index is 11.5. The Balaban J connectivity index is 2.67. The average molecular weight is 301 g/mol. The molecule has 5 heteroatoms. The molecule has 1 heterocycles. The van der Waals surface area contributed by atoms with Crippen molar-refractivity contribution in [2.45, 2.75) is 32.7 Å². The van der Waals surface area contributed by atoms with Crippen LogP contribution in [0.2, 0.25) is 0 Å². The Kier molecular flexibility index (Phi) is 4.93. The second-order valence-corrected chi connectivity index (χ2v) is 5.16. The van der Waals surface area contributed by atoms with Crippen LogP contribution in [0.1, 0.15) is 32.9 Å². The third-order valence-electron chi connectivity index (χ3n) is 2.22. The minimum Gasteiger partial charge on any atom is -0.450 e. The summed E-state index contributed by atoms with van der Waals surface area (Å²) in [4.78, 5) is 15.8. The van der Waals surface area contributed by atoms with Gasteiger partial charge in [0.1, 0.15) is 0 Å². The number of hydrogen-bond donors (Lipinski definition) is 1. The van der Waals surface area contributed by atoms with E-state index < -0.39 is 11.6 Å². The fourth-order valence-corrected chi connectivity index (χ4v) is 1.53. The smallest absolute Gasteiger partial charge is 0.407 e. The molecule has 4 nitrogen and oxygen atoms in total. The number of pyridine rings is 1. The van der Waals surface area contributed by atoms with Crippen LogP contribution < -0.4 is 5.32 Å². The summed E-state index contributed by atoms with van der Waals surface area (Å²) >= 11 is 3.32. The van der Waals surface area contributed by atoms with Crippen LogP contribution in [0.4, 0.5) is 4.79 Å². The molecule has 0 unspecified atom stereocenters. The Hall–Kier alpha value is -1.10. The van der Waals surface area contributed by atoms with E-state index in [2.05, 4.69) is 26.2 Å². The lowest BCUT2D eigenvalue weighted by atomic mass is 10.0. The molecular weight excluding hydrogens is 284 g/mol. The number of carbonyl (C=O) groups is 1. The Bertz CT molecular complexity index is 377. The Morgan fingerprint density at radius 2 is 2.24 bits per heavy atom. The van der Waals surface area contributed by atoms with Crippen molar-refractivity contribution in [2.75, 3.05) is 6.61 Å². The van der Waals surface area contributed by atoms with Gasteiger partial charge in [0, 0.05) is 10.7 Å². The molecule has 0 aliphatic carbocycles. The summed E-state index contributed by atoms with van der Waals surface area (Å²) in [5, 5.41) is 2.79. The molecule has 17 heavy (non-hydrogen) atoms. The first-order chi connectivity index (χ1) is 7.95. The Morgan fingerprint density at radius 1 is 1.53 bits per heavy atom. The highest BCUT2D eigenvalue weighted by Crippen LogP contribution is 2.19. The summed E-state index contributed by atoms with van der Waals surface area (Å²) in [5.41, 5.74) is 0.236. The third-order valence-corrected chi connectivity index (χ3v) is 2.69.